The molecule has 2 fully saturated rings. The van der Waals surface area contributed by atoms with Crippen LogP contribution in [0.25, 0.3) is 0 Å². The minimum Gasteiger partial charge on any atom is -0.378 e. The van der Waals surface area contributed by atoms with Gasteiger partial charge in [-0.1, -0.05) is 6.92 Å². The van der Waals surface area contributed by atoms with Gasteiger partial charge >= 0.3 is 0 Å². The van der Waals surface area contributed by atoms with Crippen LogP contribution >= 0.6 is 0 Å². The van der Waals surface area contributed by atoms with Crippen molar-refractivity contribution >= 4 is 0 Å². The number of rotatable bonds is 7. The predicted molar refractivity (Wildman–Crippen MR) is 72.9 cm³/mol. The lowest BCUT2D eigenvalue weighted by Crippen LogP contribution is -2.49. The van der Waals surface area contributed by atoms with Gasteiger partial charge < -0.3 is 19.3 Å². The van der Waals surface area contributed by atoms with E-state index in [2.05, 4.69) is 23.8 Å². The molecular formula is C14H28N2O2. The molecule has 0 saturated carbocycles. The number of piperidine rings is 1. The monoisotopic (exact) mass is 256 g/mol. The molecule has 0 radical (unpaired) electrons. The lowest BCUT2D eigenvalue weighted by Gasteiger charge is -2.35. The van der Waals surface area contributed by atoms with Crippen LogP contribution in [-0.4, -0.2) is 75.5 Å². The number of likely N-dealkylation sites (tertiary alicyclic amines) is 2. The predicted octanol–water partition coefficient (Wildman–Crippen LogP) is 1.07. The van der Waals surface area contributed by atoms with E-state index in [1.165, 1.54) is 25.9 Å². The zero-order chi connectivity index (χ0) is 12.8. The number of likely N-dealkylation sites (N-methyl/N-ethyl adjacent to an activating group) is 1. The Morgan fingerprint density at radius 2 is 1.78 bits per heavy atom. The van der Waals surface area contributed by atoms with Gasteiger partial charge in [-0.3, -0.25) is 0 Å². The van der Waals surface area contributed by atoms with E-state index in [9.17, 15) is 0 Å². The molecule has 0 N–H and O–H groups in total. The van der Waals surface area contributed by atoms with Crippen LogP contribution in [0.1, 0.15) is 19.8 Å². The van der Waals surface area contributed by atoms with Crippen LogP contribution in [0.4, 0.5) is 0 Å². The first kappa shape index (κ1) is 14.3. The van der Waals surface area contributed by atoms with Gasteiger partial charge in [-0.05, 0) is 38.9 Å². The van der Waals surface area contributed by atoms with Gasteiger partial charge in [0.2, 0.25) is 0 Å². The second-order valence-corrected chi connectivity index (χ2v) is 5.85. The average Bonchev–Trinajstić information content (AvgIpc) is 2.33. The highest BCUT2D eigenvalue weighted by atomic mass is 16.5. The van der Waals surface area contributed by atoms with Crippen LogP contribution in [-0.2, 0) is 9.47 Å². The van der Waals surface area contributed by atoms with Gasteiger partial charge in [0, 0.05) is 19.6 Å². The molecule has 0 amide bonds. The summed E-state index contributed by atoms with van der Waals surface area (Å²) in [6.45, 7) is 10.4. The van der Waals surface area contributed by atoms with E-state index in [0.29, 0.717) is 6.10 Å². The van der Waals surface area contributed by atoms with Crippen molar-refractivity contribution in [2.24, 2.45) is 5.92 Å². The molecule has 2 saturated heterocycles. The molecule has 2 heterocycles. The summed E-state index contributed by atoms with van der Waals surface area (Å²) in [6, 6.07) is 0. The summed E-state index contributed by atoms with van der Waals surface area (Å²) in [5, 5.41) is 0. The Morgan fingerprint density at radius 3 is 2.44 bits per heavy atom. The third kappa shape index (κ3) is 4.84. The Bertz CT molecular complexity index is 224. The second-order valence-electron chi connectivity index (χ2n) is 5.85. The molecule has 2 rings (SSSR count). The molecule has 0 spiro atoms. The maximum absolute atomic E-state index is 5.67. The Morgan fingerprint density at radius 1 is 1.06 bits per heavy atom. The molecule has 106 valence electrons. The van der Waals surface area contributed by atoms with Crippen LogP contribution in [0.2, 0.25) is 0 Å². The second kappa shape index (κ2) is 7.43. The van der Waals surface area contributed by atoms with E-state index in [4.69, 9.17) is 9.47 Å². The fourth-order valence-corrected chi connectivity index (χ4v) is 2.60. The highest BCUT2D eigenvalue weighted by Crippen LogP contribution is 2.15. The molecule has 18 heavy (non-hydrogen) atoms. The molecule has 0 bridgehead atoms. The summed E-state index contributed by atoms with van der Waals surface area (Å²) in [5.74, 6) is 0.913. The van der Waals surface area contributed by atoms with Crippen molar-refractivity contribution in [3.63, 3.8) is 0 Å². The molecule has 0 atom stereocenters. The van der Waals surface area contributed by atoms with Gasteiger partial charge in [-0.15, -0.1) is 0 Å². The largest absolute Gasteiger partial charge is 0.378 e. The smallest absolute Gasteiger partial charge is 0.0829 e. The highest BCUT2D eigenvalue weighted by molar-refractivity contribution is 4.76. The Labute approximate surface area is 111 Å². The summed E-state index contributed by atoms with van der Waals surface area (Å²) in [7, 11) is 2.12. The van der Waals surface area contributed by atoms with Crippen LogP contribution in [0, 0.1) is 5.92 Å². The van der Waals surface area contributed by atoms with Crippen molar-refractivity contribution in [3.8, 4) is 0 Å². The first-order valence-electron chi connectivity index (χ1n) is 7.34. The Balaban J connectivity index is 1.37. The molecular weight excluding hydrogens is 228 g/mol. The van der Waals surface area contributed by atoms with E-state index in [1.54, 1.807) is 0 Å². The van der Waals surface area contributed by atoms with Crippen LogP contribution in [0.5, 0.6) is 0 Å². The first-order valence-corrected chi connectivity index (χ1v) is 7.34. The van der Waals surface area contributed by atoms with Gasteiger partial charge in [0.25, 0.3) is 0 Å². The van der Waals surface area contributed by atoms with Crippen molar-refractivity contribution in [1.29, 1.82) is 0 Å². The van der Waals surface area contributed by atoms with E-state index < -0.39 is 0 Å². The van der Waals surface area contributed by atoms with Gasteiger partial charge in [0.05, 0.1) is 25.9 Å². The first-order chi connectivity index (χ1) is 8.74. The molecule has 0 aromatic carbocycles. The highest BCUT2D eigenvalue weighted by Gasteiger charge is 2.23. The summed E-state index contributed by atoms with van der Waals surface area (Å²) in [5.41, 5.74) is 0. The summed E-state index contributed by atoms with van der Waals surface area (Å²) in [4.78, 5) is 4.78. The molecule has 0 aliphatic carbocycles. The summed E-state index contributed by atoms with van der Waals surface area (Å²) in [6.07, 6.45) is 3.14. The van der Waals surface area contributed by atoms with Crippen molar-refractivity contribution in [2.75, 3.05) is 59.6 Å². The zero-order valence-electron chi connectivity index (χ0n) is 11.9. The van der Waals surface area contributed by atoms with Crippen molar-refractivity contribution < 1.29 is 9.47 Å². The third-order valence-electron chi connectivity index (χ3n) is 4.04. The van der Waals surface area contributed by atoms with E-state index in [1.807, 2.05) is 0 Å². The van der Waals surface area contributed by atoms with Gasteiger partial charge in [-0.25, -0.2) is 0 Å². The lowest BCUT2D eigenvalue weighted by molar-refractivity contribution is -0.0630. The van der Waals surface area contributed by atoms with Gasteiger partial charge in [0.15, 0.2) is 0 Å². The van der Waals surface area contributed by atoms with Crippen molar-refractivity contribution in [3.05, 3.63) is 0 Å². The minimum atomic E-state index is 0.446. The quantitative estimate of drug-likeness (QED) is 0.636. The third-order valence-corrected chi connectivity index (χ3v) is 4.04. The average molecular weight is 256 g/mol. The minimum absolute atomic E-state index is 0.446. The Kier molecular flexibility index (Phi) is 5.89. The maximum Gasteiger partial charge on any atom is 0.0829 e. The summed E-state index contributed by atoms with van der Waals surface area (Å²) >= 11 is 0. The molecule has 0 unspecified atom stereocenters. The lowest BCUT2D eigenvalue weighted by atomic mass is 9.99. The van der Waals surface area contributed by atoms with Crippen molar-refractivity contribution in [1.82, 2.24) is 9.80 Å². The fraction of sp³-hybridized carbons (Fsp3) is 1.00. The fourth-order valence-electron chi connectivity index (χ4n) is 2.60. The van der Waals surface area contributed by atoms with Gasteiger partial charge in [-0.2, -0.15) is 0 Å². The topological polar surface area (TPSA) is 24.9 Å². The SMILES string of the molecule is CC1CCN(CCOCCOC2CN(C)C2)CC1. The van der Waals surface area contributed by atoms with E-state index in [-0.39, 0.29) is 0 Å². The number of ether oxygens (including phenoxy) is 2. The summed E-state index contributed by atoms with van der Waals surface area (Å²) < 4.78 is 11.3. The normalized spacial score (nSPS) is 24.3. The van der Waals surface area contributed by atoms with Crippen molar-refractivity contribution in [2.45, 2.75) is 25.9 Å². The van der Waals surface area contributed by atoms with E-state index >= 15 is 0 Å². The maximum atomic E-state index is 5.67. The number of hydrogen-bond donors (Lipinski definition) is 0. The zero-order valence-corrected chi connectivity index (χ0v) is 11.9. The molecule has 0 aromatic heterocycles. The standard InChI is InChI=1S/C14H28N2O2/c1-13-3-5-16(6-4-13)7-8-17-9-10-18-14-11-15(2)12-14/h13-14H,3-12H2,1-2H3. The van der Waals surface area contributed by atoms with Crippen LogP contribution in [0.15, 0.2) is 0 Å². The molecule has 0 aromatic rings. The Hall–Kier alpha value is -0.160. The number of nitrogens with zero attached hydrogens (tertiary/aromatic N) is 2. The van der Waals surface area contributed by atoms with E-state index in [0.717, 1.165) is 45.4 Å². The van der Waals surface area contributed by atoms with Crippen LogP contribution in [0.3, 0.4) is 0 Å². The molecule has 4 nitrogen and oxygen atoms in total. The molecule has 4 heteroatoms. The van der Waals surface area contributed by atoms with Crippen LogP contribution < -0.4 is 0 Å². The molecule has 2 aliphatic heterocycles. The number of hydrogen-bond acceptors (Lipinski definition) is 4. The van der Waals surface area contributed by atoms with Gasteiger partial charge in [0.1, 0.15) is 0 Å². The molecule has 2 aliphatic rings.